The lowest BCUT2D eigenvalue weighted by Gasteiger charge is -2.56. The van der Waals surface area contributed by atoms with Gasteiger partial charge in [0.15, 0.2) is 5.78 Å². The van der Waals surface area contributed by atoms with Gasteiger partial charge >= 0.3 is 6.61 Å². The summed E-state index contributed by atoms with van der Waals surface area (Å²) in [6.45, 7) is 1.70. The lowest BCUT2D eigenvalue weighted by atomic mass is 9.48. The van der Waals surface area contributed by atoms with E-state index >= 15 is 0 Å². The Morgan fingerprint density at radius 3 is 2.50 bits per heavy atom. The summed E-state index contributed by atoms with van der Waals surface area (Å²) in [5.41, 5.74) is 2.97. The minimum Gasteiger partial charge on any atom is -0.435 e. The van der Waals surface area contributed by atoms with Crippen LogP contribution < -0.4 is 4.74 Å². The van der Waals surface area contributed by atoms with Gasteiger partial charge in [-0.2, -0.15) is 8.78 Å². The number of fused-ring (bicyclic) bond motifs is 5. The van der Waals surface area contributed by atoms with E-state index in [-0.39, 0.29) is 28.5 Å². The van der Waals surface area contributed by atoms with E-state index < -0.39 is 6.61 Å². The van der Waals surface area contributed by atoms with Crippen molar-refractivity contribution in [1.82, 2.24) is 0 Å². The molecule has 0 aliphatic heterocycles. The molecule has 6 atom stereocenters. The van der Waals surface area contributed by atoms with Crippen LogP contribution in [0.2, 0.25) is 0 Å². The third kappa shape index (κ3) is 3.44. The molecule has 5 heteroatoms. The zero-order chi connectivity index (χ0) is 22.7. The number of carbonyl (C=O) groups is 1. The lowest BCUT2D eigenvalue weighted by Crippen LogP contribution is -2.50. The van der Waals surface area contributed by atoms with E-state index in [4.69, 9.17) is 0 Å². The minimum atomic E-state index is -2.84. The third-order valence-corrected chi connectivity index (χ3v) is 9.16. The Kier molecular flexibility index (Phi) is 5.31. The Bertz CT molecular complexity index is 966. The molecule has 5 rings (SSSR count). The average Bonchev–Trinajstić information content (AvgIpc) is 3.00. The molecule has 3 nitrogen and oxygen atoms in total. The first-order valence-electron chi connectivity index (χ1n) is 11.9. The molecule has 3 saturated carbocycles. The van der Waals surface area contributed by atoms with Crippen molar-refractivity contribution in [2.45, 2.75) is 71.5 Å². The van der Waals surface area contributed by atoms with Crippen LogP contribution in [0.5, 0.6) is 5.75 Å². The summed E-state index contributed by atoms with van der Waals surface area (Å²) in [6.07, 6.45) is 10.6. The van der Waals surface area contributed by atoms with Gasteiger partial charge in [0.05, 0.1) is 6.10 Å². The van der Waals surface area contributed by atoms with Gasteiger partial charge in [-0.15, -0.1) is 0 Å². The highest BCUT2D eigenvalue weighted by atomic mass is 19.3. The van der Waals surface area contributed by atoms with Gasteiger partial charge in [-0.1, -0.05) is 37.6 Å². The maximum absolute atomic E-state index is 13.5. The molecule has 1 aromatic rings. The van der Waals surface area contributed by atoms with Crippen LogP contribution >= 0.6 is 0 Å². The summed E-state index contributed by atoms with van der Waals surface area (Å²) in [5, 5.41) is 10.2. The number of alkyl halides is 2. The van der Waals surface area contributed by atoms with Gasteiger partial charge in [-0.05, 0) is 97.5 Å². The molecule has 0 amide bonds. The number of hydrogen-bond donors (Lipinski definition) is 1. The maximum atomic E-state index is 13.5. The van der Waals surface area contributed by atoms with Crippen LogP contribution in [0.25, 0.3) is 6.08 Å². The summed E-state index contributed by atoms with van der Waals surface area (Å²) < 4.78 is 29.2. The number of allylic oxidation sites excluding steroid dienone is 2. The van der Waals surface area contributed by atoms with Crippen molar-refractivity contribution >= 4 is 11.9 Å². The van der Waals surface area contributed by atoms with Crippen LogP contribution in [-0.4, -0.2) is 23.6 Å². The Morgan fingerprint density at radius 1 is 1.06 bits per heavy atom. The molecule has 172 valence electrons. The Hall–Kier alpha value is -2.01. The van der Waals surface area contributed by atoms with E-state index in [9.17, 15) is 18.7 Å². The fraction of sp³-hybridized carbons (Fsp3) is 0.593. The largest absolute Gasteiger partial charge is 0.435 e. The zero-order valence-corrected chi connectivity index (χ0v) is 18.8. The normalized spacial score (nSPS) is 40.0. The minimum absolute atomic E-state index is 0.124. The van der Waals surface area contributed by atoms with Crippen molar-refractivity contribution < 1.29 is 23.4 Å². The van der Waals surface area contributed by atoms with Crippen molar-refractivity contribution in [1.29, 1.82) is 0 Å². The van der Waals surface area contributed by atoms with E-state index in [0.29, 0.717) is 17.8 Å². The first-order chi connectivity index (χ1) is 15.2. The standard InChI is InChI=1S/C27H32F2O3/c1-26-11-9-19(30)15-18(26)5-8-21-22(26)10-12-27(2)23(21)14-17(24(27)31)13-16-3-6-20(7-4-16)32-25(28)29/h3-7,13,19,21-23,25,30H,8-12,14-15H2,1-2H3/b17-13+/t19-,21+,22-,23-,26+,27-/m1/s1. The predicted molar refractivity (Wildman–Crippen MR) is 119 cm³/mol. The molecule has 4 aliphatic rings. The molecule has 0 saturated heterocycles. The Balaban J connectivity index is 1.41. The number of ketones is 1. The number of aliphatic hydroxyl groups is 1. The second-order valence-electron chi connectivity index (χ2n) is 10.8. The summed E-state index contributed by atoms with van der Waals surface area (Å²) in [4.78, 5) is 13.5. The topological polar surface area (TPSA) is 46.5 Å². The third-order valence-electron chi connectivity index (χ3n) is 9.16. The zero-order valence-electron chi connectivity index (χ0n) is 18.8. The summed E-state index contributed by atoms with van der Waals surface area (Å²) >= 11 is 0. The number of halogens is 2. The smallest absolute Gasteiger partial charge is 0.387 e. The van der Waals surface area contributed by atoms with E-state index in [1.54, 1.807) is 12.1 Å². The van der Waals surface area contributed by atoms with Crippen LogP contribution in [0, 0.1) is 28.6 Å². The van der Waals surface area contributed by atoms with Crippen LogP contribution in [0.4, 0.5) is 8.78 Å². The second kappa shape index (κ2) is 7.79. The number of carbonyl (C=O) groups excluding carboxylic acids is 1. The second-order valence-corrected chi connectivity index (χ2v) is 10.8. The van der Waals surface area contributed by atoms with Crippen LogP contribution in [0.1, 0.15) is 64.4 Å². The highest BCUT2D eigenvalue weighted by molar-refractivity contribution is 6.05. The first-order valence-corrected chi connectivity index (χ1v) is 11.9. The molecule has 3 fully saturated rings. The van der Waals surface area contributed by atoms with Crippen molar-refractivity contribution in [2.24, 2.45) is 28.6 Å². The Labute approximate surface area is 188 Å². The number of benzene rings is 1. The average molecular weight is 443 g/mol. The van der Waals surface area contributed by atoms with Gasteiger partial charge in [0.2, 0.25) is 0 Å². The van der Waals surface area contributed by atoms with Crippen LogP contribution in [-0.2, 0) is 4.79 Å². The fourth-order valence-electron chi connectivity index (χ4n) is 7.39. The number of ether oxygens (including phenoxy) is 1. The molecule has 0 heterocycles. The van der Waals surface area contributed by atoms with Gasteiger partial charge in [-0.25, -0.2) is 0 Å². The number of aliphatic hydroxyl groups excluding tert-OH is 1. The molecule has 1 aromatic carbocycles. The van der Waals surface area contributed by atoms with Crippen LogP contribution in [0.3, 0.4) is 0 Å². The molecule has 0 aromatic heterocycles. The molecule has 1 N–H and O–H groups in total. The number of Topliss-reactive ketones (excluding diaryl/α,β-unsaturated/α-hetero) is 1. The molecular weight excluding hydrogens is 410 g/mol. The highest BCUT2D eigenvalue weighted by Crippen LogP contribution is 2.64. The molecule has 0 spiro atoms. The van der Waals surface area contributed by atoms with Crippen molar-refractivity contribution in [3.05, 3.63) is 47.1 Å². The van der Waals surface area contributed by atoms with E-state index in [1.165, 1.54) is 17.7 Å². The van der Waals surface area contributed by atoms with Crippen molar-refractivity contribution in [3.8, 4) is 5.75 Å². The Morgan fingerprint density at radius 2 is 1.78 bits per heavy atom. The number of hydrogen-bond acceptors (Lipinski definition) is 3. The van der Waals surface area contributed by atoms with E-state index in [1.807, 2.05) is 6.08 Å². The van der Waals surface area contributed by atoms with Gasteiger partial charge in [-0.3, -0.25) is 4.79 Å². The molecule has 0 bridgehead atoms. The van der Waals surface area contributed by atoms with Gasteiger partial charge in [0.25, 0.3) is 0 Å². The van der Waals surface area contributed by atoms with E-state index in [0.717, 1.165) is 56.1 Å². The fourth-order valence-corrected chi connectivity index (χ4v) is 7.39. The van der Waals surface area contributed by atoms with Gasteiger partial charge in [0, 0.05) is 5.41 Å². The number of rotatable bonds is 3. The quantitative estimate of drug-likeness (QED) is 0.450. The summed E-state index contributed by atoms with van der Waals surface area (Å²) in [5.74, 6) is 1.79. The summed E-state index contributed by atoms with van der Waals surface area (Å²) in [6, 6.07) is 6.51. The molecule has 0 unspecified atom stereocenters. The van der Waals surface area contributed by atoms with Crippen molar-refractivity contribution in [2.75, 3.05) is 0 Å². The van der Waals surface area contributed by atoms with Gasteiger partial charge in [0.1, 0.15) is 5.75 Å². The lowest BCUT2D eigenvalue weighted by molar-refractivity contribution is -0.130. The predicted octanol–water partition coefficient (Wildman–Crippen LogP) is 6.17. The molecule has 0 radical (unpaired) electrons. The SMILES string of the molecule is C[C@@]12CC[C@@H]3[C@H](CC=C4C[C@H](O)CC[C@@]43C)[C@H]1C/C(=C\c1ccc(OC(F)F)cc1)C2=O. The monoisotopic (exact) mass is 442 g/mol. The summed E-state index contributed by atoms with van der Waals surface area (Å²) in [7, 11) is 0. The molecule has 4 aliphatic carbocycles. The van der Waals surface area contributed by atoms with E-state index in [2.05, 4.69) is 24.7 Å². The molecular formula is C27H32F2O3. The van der Waals surface area contributed by atoms with Crippen LogP contribution in [0.15, 0.2) is 41.5 Å². The highest BCUT2D eigenvalue weighted by Gasteiger charge is 2.59. The molecule has 32 heavy (non-hydrogen) atoms. The van der Waals surface area contributed by atoms with Crippen molar-refractivity contribution in [3.63, 3.8) is 0 Å². The first kappa shape index (κ1) is 21.8. The van der Waals surface area contributed by atoms with Gasteiger partial charge < -0.3 is 9.84 Å². The maximum Gasteiger partial charge on any atom is 0.387 e.